The summed E-state index contributed by atoms with van der Waals surface area (Å²) in [6.45, 7) is 1.01. The highest BCUT2D eigenvalue weighted by molar-refractivity contribution is 7.91. The third kappa shape index (κ3) is 3.60. The Kier molecular flexibility index (Phi) is 5.05. The van der Waals surface area contributed by atoms with Gasteiger partial charge in [0.1, 0.15) is 5.82 Å². The molecule has 150 valence electrons. The Hall–Kier alpha value is -1.77. The van der Waals surface area contributed by atoms with Crippen molar-refractivity contribution in [1.29, 1.82) is 0 Å². The molecule has 2 aromatic carbocycles. The number of halogens is 1. The van der Waals surface area contributed by atoms with Gasteiger partial charge in [-0.3, -0.25) is 0 Å². The third-order valence-corrected chi connectivity index (χ3v) is 9.27. The van der Waals surface area contributed by atoms with Gasteiger partial charge in [-0.2, -0.15) is 0 Å². The molecule has 8 heteroatoms. The second-order valence-electron chi connectivity index (χ2n) is 7.44. The van der Waals surface area contributed by atoms with E-state index in [2.05, 4.69) is 0 Å². The highest BCUT2D eigenvalue weighted by Crippen LogP contribution is 2.35. The van der Waals surface area contributed by atoms with Crippen molar-refractivity contribution >= 4 is 19.9 Å². The number of sulfone groups is 1. The quantitative estimate of drug-likeness (QED) is 0.758. The monoisotopic (exact) mass is 423 g/mol. The lowest BCUT2D eigenvalue weighted by molar-refractivity contribution is 0.387. The van der Waals surface area contributed by atoms with E-state index in [4.69, 9.17) is 0 Å². The van der Waals surface area contributed by atoms with Crippen LogP contribution in [-0.2, 0) is 26.3 Å². The molecule has 1 atom stereocenters. The molecule has 1 fully saturated rings. The van der Waals surface area contributed by atoms with Gasteiger partial charge in [0.2, 0.25) is 19.9 Å². The summed E-state index contributed by atoms with van der Waals surface area (Å²) in [4.78, 5) is 0.0780. The minimum atomic E-state index is -3.80. The van der Waals surface area contributed by atoms with E-state index in [1.807, 2.05) is 0 Å². The number of nitrogens with zero attached hydrogens (tertiary/aromatic N) is 1. The molecule has 1 aliphatic carbocycles. The minimum Gasteiger partial charge on any atom is -0.219 e. The second kappa shape index (κ2) is 7.24. The second-order valence-corrected chi connectivity index (χ2v) is 11.5. The molecule has 0 radical (unpaired) electrons. The van der Waals surface area contributed by atoms with Crippen LogP contribution in [0.2, 0.25) is 0 Å². The molecule has 0 N–H and O–H groups in total. The predicted octanol–water partition coefficient (Wildman–Crippen LogP) is 3.11. The normalized spacial score (nSPS) is 22.1. The van der Waals surface area contributed by atoms with Crippen molar-refractivity contribution in [2.75, 3.05) is 18.8 Å². The van der Waals surface area contributed by atoms with Crippen LogP contribution in [0.5, 0.6) is 0 Å². The van der Waals surface area contributed by atoms with Crippen molar-refractivity contribution in [3.63, 3.8) is 0 Å². The molecule has 1 aliphatic heterocycles. The lowest BCUT2D eigenvalue weighted by Gasteiger charge is -2.29. The number of hydrogen-bond acceptors (Lipinski definition) is 4. The highest BCUT2D eigenvalue weighted by Gasteiger charge is 2.32. The Balaban J connectivity index is 1.65. The number of fused-ring (bicyclic) bond motifs is 1. The van der Waals surface area contributed by atoms with E-state index < -0.39 is 25.7 Å². The molecule has 1 heterocycles. The number of aryl methyl sites for hydroxylation is 1. The van der Waals surface area contributed by atoms with Crippen LogP contribution in [0, 0.1) is 5.82 Å². The van der Waals surface area contributed by atoms with Crippen LogP contribution in [0.4, 0.5) is 4.39 Å². The number of hydrogen-bond donors (Lipinski definition) is 0. The van der Waals surface area contributed by atoms with Crippen LogP contribution < -0.4 is 0 Å². The largest absolute Gasteiger partial charge is 0.219 e. The summed E-state index contributed by atoms with van der Waals surface area (Å²) in [5.41, 5.74) is 1.96. The van der Waals surface area contributed by atoms with Crippen molar-refractivity contribution in [2.45, 2.75) is 41.4 Å². The van der Waals surface area contributed by atoms with Crippen molar-refractivity contribution in [3.05, 3.63) is 59.4 Å². The van der Waals surface area contributed by atoms with Crippen molar-refractivity contribution in [2.24, 2.45) is 0 Å². The van der Waals surface area contributed by atoms with Crippen molar-refractivity contribution in [1.82, 2.24) is 4.31 Å². The van der Waals surface area contributed by atoms with Gasteiger partial charge in [0.15, 0.2) is 0 Å². The van der Waals surface area contributed by atoms with Crippen LogP contribution in [0.3, 0.4) is 0 Å². The molecule has 2 aromatic rings. The Bertz CT molecular complexity index is 1110. The molecule has 0 saturated carbocycles. The molecule has 0 amide bonds. The van der Waals surface area contributed by atoms with Crippen molar-refractivity contribution in [3.8, 4) is 0 Å². The molecular formula is C20H22FNO4S2. The topological polar surface area (TPSA) is 71.5 Å². The van der Waals surface area contributed by atoms with Crippen molar-refractivity contribution < 1.29 is 21.2 Å². The first-order chi connectivity index (χ1) is 13.3. The lowest BCUT2D eigenvalue weighted by atomic mass is 9.83. The van der Waals surface area contributed by atoms with Gasteiger partial charge in [-0.05, 0) is 73.1 Å². The van der Waals surface area contributed by atoms with E-state index in [9.17, 15) is 21.2 Å². The third-order valence-electron chi connectivity index (χ3n) is 5.60. The van der Waals surface area contributed by atoms with Gasteiger partial charge >= 0.3 is 0 Å². The van der Waals surface area contributed by atoms with E-state index in [0.29, 0.717) is 19.5 Å². The Morgan fingerprint density at radius 3 is 2.57 bits per heavy atom. The average Bonchev–Trinajstić information content (AvgIpc) is 2.99. The summed E-state index contributed by atoms with van der Waals surface area (Å²) in [5, 5.41) is 0. The highest BCUT2D eigenvalue weighted by atomic mass is 32.2. The number of rotatable bonds is 4. The zero-order valence-electron chi connectivity index (χ0n) is 15.3. The van der Waals surface area contributed by atoms with E-state index in [1.54, 1.807) is 22.5 Å². The summed E-state index contributed by atoms with van der Waals surface area (Å²) in [6, 6.07) is 10.0. The van der Waals surface area contributed by atoms with Crippen LogP contribution in [0.1, 0.15) is 36.3 Å². The molecule has 5 nitrogen and oxygen atoms in total. The first-order valence-electron chi connectivity index (χ1n) is 9.39. The summed E-state index contributed by atoms with van der Waals surface area (Å²) in [7, 11) is -6.96. The summed E-state index contributed by atoms with van der Waals surface area (Å²) >= 11 is 0. The van der Waals surface area contributed by atoms with Gasteiger partial charge in [-0.1, -0.05) is 12.1 Å². The van der Waals surface area contributed by atoms with Crippen LogP contribution in [0.15, 0.2) is 52.3 Å². The standard InChI is InChI=1S/C20H22FNO4S2/c21-17-6-2-7-18(13-17)28(25,26)19-8-9-20-15(12-19)4-1-5-16(20)14-22-10-3-11-27(22,23)24/h2,6-9,12-13,16H,1,3-5,10-11,14H2/t16-/m0/s1. The van der Waals surface area contributed by atoms with Gasteiger partial charge in [0.05, 0.1) is 15.5 Å². The Morgan fingerprint density at radius 1 is 1.07 bits per heavy atom. The van der Waals surface area contributed by atoms with Crippen LogP contribution >= 0.6 is 0 Å². The zero-order chi connectivity index (χ0) is 19.9. The van der Waals surface area contributed by atoms with E-state index >= 15 is 0 Å². The molecule has 1 saturated heterocycles. The van der Waals surface area contributed by atoms with Crippen LogP contribution in [0.25, 0.3) is 0 Å². The maximum Gasteiger partial charge on any atom is 0.214 e. The van der Waals surface area contributed by atoms with Gasteiger partial charge < -0.3 is 0 Å². The summed E-state index contributed by atoms with van der Waals surface area (Å²) in [6.07, 6.45) is 3.18. The van der Waals surface area contributed by atoms with E-state index in [1.165, 1.54) is 18.2 Å². The first kappa shape index (κ1) is 19.5. The number of sulfonamides is 1. The predicted molar refractivity (Wildman–Crippen MR) is 104 cm³/mol. The molecule has 0 unspecified atom stereocenters. The maximum absolute atomic E-state index is 13.5. The smallest absolute Gasteiger partial charge is 0.214 e. The minimum absolute atomic E-state index is 0.0667. The molecule has 0 bridgehead atoms. The average molecular weight is 424 g/mol. The Morgan fingerprint density at radius 2 is 1.86 bits per heavy atom. The molecule has 2 aliphatic rings. The SMILES string of the molecule is O=S(=O)(c1cccc(F)c1)c1ccc2c(c1)CCC[C@H]2CN1CCCS1(=O)=O. The first-order valence-corrected chi connectivity index (χ1v) is 12.5. The fourth-order valence-electron chi connectivity index (χ4n) is 4.16. The molecular weight excluding hydrogens is 401 g/mol. The summed E-state index contributed by atoms with van der Waals surface area (Å²) in [5.74, 6) is -0.314. The molecule has 4 rings (SSSR count). The van der Waals surface area contributed by atoms with Crippen LogP contribution in [-0.4, -0.2) is 40.0 Å². The fraction of sp³-hybridized carbons (Fsp3) is 0.400. The fourth-order valence-corrected chi connectivity index (χ4v) is 7.07. The summed E-state index contributed by atoms with van der Waals surface area (Å²) < 4.78 is 65.0. The maximum atomic E-state index is 13.5. The van der Waals surface area contributed by atoms with E-state index in [-0.39, 0.29) is 21.5 Å². The zero-order valence-corrected chi connectivity index (χ0v) is 17.0. The molecule has 0 spiro atoms. The van der Waals surface area contributed by atoms with Gasteiger partial charge in [0.25, 0.3) is 0 Å². The lowest BCUT2D eigenvalue weighted by Crippen LogP contribution is -2.31. The van der Waals surface area contributed by atoms with Gasteiger partial charge in [-0.15, -0.1) is 0 Å². The number of benzene rings is 2. The molecule has 0 aromatic heterocycles. The Labute approximate surface area is 165 Å². The van der Waals surface area contributed by atoms with Gasteiger partial charge in [-0.25, -0.2) is 25.5 Å². The van der Waals surface area contributed by atoms with Gasteiger partial charge in [0, 0.05) is 13.1 Å². The van der Waals surface area contributed by atoms with E-state index in [0.717, 1.165) is 36.5 Å². The molecule has 28 heavy (non-hydrogen) atoms.